The first-order chi connectivity index (χ1) is 17.0. The molecule has 2 amide bonds. The SMILES string of the molecule is N#Cc1ccc2cccc(NC(=O)[C@@H]3CC[C@@H](NCc4ccc5c(n4)NC(=O)CO5)[C@@H](O)C3)c2n1. The molecule has 2 aromatic heterocycles. The molecule has 3 atom stereocenters. The van der Waals surface area contributed by atoms with Crippen molar-refractivity contribution < 1.29 is 19.4 Å². The van der Waals surface area contributed by atoms with Crippen molar-refractivity contribution in [2.24, 2.45) is 5.92 Å². The number of anilines is 2. The molecule has 5 rings (SSSR count). The van der Waals surface area contributed by atoms with E-state index in [1.165, 1.54) is 0 Å². The van der Waals surface area contributed by atoms with Gasteiger partial charge in [-0.3, -0.25) is 9.59 Å². The maximum absolute atomic E-state index is 13.0. The molecule has 0 radical (unpaired) electrons. The highest BCUT2D eigenvalue weighted by Gasteiger charge is 2.33. The summed E-state index contributed by atoms with van der Waals surface area (Å²) in [5, 5.41) is 29.6. The summed E-state index contributed by atoms with van der Waals surface area (Å²) >= 11 is 0. The molecule has 1 fully saturated rings. The molecule has 10 heteroatoms. The van der Waals surface area contributed by atoms with Crippen LogP contribution in [-0.2, 0) is 16.1 Å². The molecule has 0 bridgehead atoms. The third-order valence-corrected chi connectivity index (χ3v) is 6.36. The van der Waals surface area contributed by atoms with Crippen molar-refractivity contribution in [3.8, 4) is 11.8 Å². The van der Waals surface area contributed by atoms with Crippen LogP contribution in [0, 0.1) is 17.2 Å². The zero-order valence-corrected chi connectivity index (χ0v) is 18.8. The topological polar surface area (TPSA) is 149 Å². The fraction of sp³-hybridized carbons (Fsp3) is 0.320. The highest BCUT2D eigenvalue weighted by molar-refractivity contribution is 6.01. The molecule has 2 aliphatic rings. The Bertz CT molecular complexity index is 1340. The van der Waals surface area contributed by atoms with E-state index in [4.69, 9.17) is 10.00 Å². The highest BCUT2D eigenvalue weighted by atomic mass is 16.5. The van der Waals surface area contributed by atoms with E-state index < -0.39 is 6.10 Å². The average Bonchev–Trinajstić information content (AvgIpc) is 2.87. The summed E-state index contributed by atoms with van der Waals surface area (Å²) in [6.45, 7) is 0.387. The van der Waals surface area contributed by atoms with Crippen molar-refractivity contribution in [3.05, 3.63) is 53.9 Å². The maximum atomic E-state index is 13.0. The Kier molecular flexibility index (Phi) is 6.27. The molecule has 0 spiro atoms. The van der Waals surface area contributed by atoms with Gasteiger partial charge in [-0.1, -0.05) is 12.1 Å². The van der Waals surface area contributed by atoms with Crippen LogP contribution in [0.3, 0.4) is 0 Å². The van der Waals surface area contributed by atoms with Gasteiger partial charge in [-0.2, -0.15) is 5.26 Å². The van der Waals surface area contributed by atoms with Crippen molar-refractivity contribution in [3.63, 3.8) is 0 Å². The average molecular weight is 473 g/mol. The monoisotopic (exact) mass is 472 g/mol. The largest absolute Gasteiger partial charge is 0.480 e. The quantitative estimate of drug-likeness (QED) is 0.441. The summed E-state index contributed by atoms with van der Waals surface area (Å²) in [5.41, 5.74) is 2.11. The molecule has 3 aromatic rings. The lowest BCUT2D eigenvalue weighted by Crippen LogP contribution is -2.46. The number of hydrogen-bond donors (Lipinski definition) is 4. The van der Waals surface area contributed by atoms with E-state index >= 15 is 0 Å². The molecular formula is C25H24N6O4. The summed E-state index contributed by atoms with van der Waals surface area (Å²) in [7, 11) is 0. The summed E-state index contributed by atoms with van der Waals surface area (Å²) in [5.74, 6) is 0.168. The van der Waals surface area contributed by atoms with Crippen molar-refractivity contribution in [1.29, 1.82) is 5.26 Å². The third kappa shape index (κ3) is 4.91. The van der Waals surface area contributed by atoms with Crippen molar-refractivity contribution >= 4 is 34.2 Å². The second-order valence-electron chi connectivity index (χ2n) is 8.73. The van der Waals surface area contributed by atoms with Crippen LogP contribution in [-0.4, -0.2) is 45.6 Å². The van der Waals surface area contributed by atoms with Crippen molar-refractivity contribution in [1.82, 2.24) is 15.3 Å². The number of nitrogens with zero attached hydrogens (tertiary/aromatic N) is 3. The van der Waals surface area contributed by atoms with Gasteiger partial charge in [0.2, 0.25) is 5.91 Å². The minimum atomic E-state index is -0.698. The van der Waals surface area contributed by atoms with Crippen molar-refractivity contribution in [2.45, 2.75) is 38.0 Å². The molecule has 0 unspecified atom stereocenters. The Balaban J connectivity index is 1.18. The van der Waals surface area contributed by atoms with Gasteiger partial charge >= 0.3 is 0 Å². The molecule has 4 N–H and O–H groups in total. The van der Waals surface area contributed by atoms with E-state index in [0.717, 1.165) is 5.39 Å². The number of nitriles is 1. The number of para-hydroxylation sites is 1. The lowest BCUT2D eigenvalue weighted by molar-refractivity contribution is -0.122. The van der Waals surface area contributed by atoms with E-state index in [1.54, 1.807) is 24.3 Å². The summed E-state index contributed by atoms with van der Waals surface area (Å²) in [4.78, 5) is 33.2. The van der Waals surface area contributed by atoms with Gasteiger partial charge in [-0.05, 0) is 49.6 Å². The number of aliphatic hydroxyl groups is 1. The number of nitrogens with one attached hydrogen (secondary N) is 3. The highest BCUT2D eigenvalue weighted by Crippen LogP contribution is 2.29. The number of fused-ring (bicyclic) bond motifs is 2. The van der Waals surface area contributed by atoms with E-state index in [9.17, 15) is 14.7 Å². The van der Waals surface area contributed by atoms with E-state index in [0.29, 0.717) is 54.3 Å². The van der Waals surface area contributed by atoms with Crippen LogP contribution in [0.25, 0.3) is 10.9 Å². The lowest BCUT2D eigenvalue weighted by atomic mass is 9.83. The van der Waals surface area contributed by atoms with Crippen LogP contribution in [0.1, 0.15) is 30.7 Å². The Hall–Kier alpha value is -4.07. The van der Waals surface area contributed by atoms with Crippen molar-refractivity contribution in [2.75, 3.05) is 17.2 Å². The van der Waals surface area contributed by atoms with Crippen LogP contribution >= 0.6 is 0 Å². The Morgan fingerprint density at radius 2 is 2.09 bits per heavy atom. The number of carbonyl (C=O) groups is 2. The number of aliphatic hydroxyl groups excluding tert-OH is 1. The molecule has 3 heterocycles. The Morgan fingerprint density at radius 1 is 1.20 bits per heavy atom. The molecule has 0 saturated heterocycles. The second kappa shape index (κ2) is 9.66. The Labute approximate surface area is 201 Å². The number of hydrogen-bond acceptors (Lipinski definition) is 8. The van der Waals surface area contributed by atoms with E-state index in [-0.39, 0.29) is 36.1 Å². The number of benzene rings is 1. The van der Waals surface area contributed by atoms with Crippen LogP contribution in [0.2, 0.25) is 0 Å². The summed E-state index contributed by atoms with van der Waals surface area (Å²) < 4.78 is 5.32. The molecule has 1 saturated carbocycles. The van der Waals surface area contributed by atoms with Gasteiger partial charge in [0.1, 0.15) is 11.8 Å². The predicted molar refractivity (Wildman–Crippen MR) is 127 cm³/mol. The number of aromatic nitrogens is 2. The normalized spacial score (nSPS) is 21.4. The first-order valence-corrected chi connectivity index (χ1v) is 11.4. The number of carbonyl (C=O) groups excluding carboxylic acids is 2. The molecule has 10 nitrogen and oxygen atoms in total. The first kappa shape index (κ1) is 22.7. The van der Waals surface area contributed by atoms with Crippen LogP contribution in [0.4, 0.5) is 11.5 Å². The fourth-order valence-corrected chi connectivity index (χ4v) is 4.51. The standard InChI is InChI=1S/C25H24N6O4/c26-11-16-6-4-14-2-1-3-19(23(14)28-16)30-25(34)15-5-8-18(20(32)10-15)27-12-17-7-9-21-24(29-17)31-22(33)13-35-21/h1-4,6-7,9,15,18,20,27,32H,5,8,10,12-13H2,(H,30,34)(H,29,31,33)/t15-,18-,20+/m1/s1. The van der Waals surface area contributed by atoms with Gasteiger partial charge in [-0.25, -0.2) is 9.97 Å². The van der Waals surface area contributed by atoms with Gasteiger partial charge in [0.15, 0.2) is 18.2 Å². The van der Waals surface area contributed by atoms with Gasteiger partial charge in [0, 0.05) is 23.9 Å². The first-order valence-electron chi connectivity index (χ1n) is 11.4. The number of pyridine rings is 2. The molecule has 1 aliphatic carbocycles. The minimum absolute atomic E-state index is 0.0206. The number of rotatable bonds is 5. The molecular weight excluding hydrogens is 448 g/mol. The van der Waals surface area contributed by atoms with Gasteiger partial charge in [-0.15, -0.1) is 0 Å². The van der Waals surface area contributed by atoms with Gasteiger partial charge < -0.3 is 25.8 Å². The minimum Gasteiger partial charge on any atom is -0.480 e. The fourth-order valence-electron chi connectivity index (χ4n) is 4.51. The predicted octanol–water partition coefficient (Wildman–Crippen LogP) is 2.09. The summed E-state index contributed by atoms with van der Waals surface area (Å²) in [6.07, 6.45) is 0.864. The van der Waals surface area contributed by atoms with Crippen LogP contribution < -0.4 is 20.7 Å². The van der Waals surface area contributed by atoms with Gasteiger partial charge in [0.05, 0.1) is 23.0 Å². The molecule has 1 aliphatic heterocycles. The molecule has 178 valence electrons. The zero-order chi connectivity index (χ0) is 24.4. The zero-order valence-electron chi connectivity index (χ0n) is 18.8. The smallest absolute Gasteiger partial charge is 0.263 e. The van der Waals surface area contributed by atoms with E-state index in [2.05, 4.69) is 25.9 Å². The molecule has 1 aromatic carbocycles. The lowest BCUT2D eigenvalue weighted by Gasteiger charge is -2.33. The van der Waals surface area contributed by atoms with Crippen LogP contribution in [0.5, 0.6) is 5.75 Å². The third-order valence-electron chi connectivity index (χ3n) is 6.36. The Morgan fingerprint density at radius 3 is 2.91 bits per heavy atom. The van der Waals surface area contributed by atoms with Crippen LogP contribution in [0.15, 0.2) is 42.5 Å². The maximum Gasteiger partial charge on any atom is 0.263 e. The number of ether oxygens (including phenoxy) is 1. The number of amides is 2. The summed E-state index contributed by atoms with van der Waals surface area (Å²) in [6, 6.07) is 14.3. The van der Waals surface area contributed by atoms with E-state index in [1.807, 2.05) is 24.3 Å². The molecule has 35 heavy (non-hydrogen) atoms. The van der Waals surface area contributed by atoms with Gasteiger partial charge in [0.25, 0.3) is 5.91 Å². The second-order valence-corrected chi connectivity index (χ2v) is 8.73.